The van der Waals surface area contributed by atoms with E-state index in [9.17, 15) is 14.9 Å². The van der Waals surface area contributed by atoms with E-state index in [-0.39, 0.29) is 10.7 Å². The minimum absolute atomic E-state index is 0.107. The number of methoxy groups -OCH3 is 1. The molecule has 1 amide bonds. The molecule has 0 saturated carbocycles. The first-order chi connectivity index (χ1) is 10.5. The van der Waals surface area contributed by atoms with Crippen LogP contribution < -0.4 is 5.43 Å². The van der Waals surface area contributed by atoms with E-state index >= 15 is 0 Å². The molecular weight excluding hydrogens is 314 g/mol. The standard InChI is InChI=1S/C13H10ClN3O5/c1-21-13(18)16-15-7-9-3-5-12(22-9)10-4-2-8(17(19)20)6-11(10)14/h2-7H,1H3,(H,16,18)/b15-7-. The Morgan fingerprint density at radius 1 is 1.45 bits per heavy atom. The van der Waals surface area contributed by atoms with Gasteiger partial charge in [-0.1, -0.05) is 11.6 Å². The van der Waals surface area contributed by atoms with Gasteiger partial charge in [-0.2, -0.15) is 5.10 Å². The molecule has 0 spiro atoms. The van der Waals surface area contributed by atoms with E-state index in [1.54, 1.807) is 12.1 Å². The molecule has 2 rings (SSSR count). The molecule has 2 aromatic rings. The number of non-ortho nitro benzene ring substituents is 1. The van der Waals surface area contributed by atoms with E-state index in [0.29, 0.717) is 17.1 Å². The van der Waals surface area contributed by atoms with Crippen molar-refractivity contribution in [1.29, 1.82) is 0 Å². The fraction of sp³-hybridized carbons (Fsp3) is 0.0769. The summed E-state index contributed by atoms with van der Waals surface area (Å²) in [5.41, 5.74) is 2.51. The highest BCUT2D eigenvalue weighted by atomic mass is 35.5. The van der Waals surface area contributed by atoms with Gasteiger partial charge in [0.05, 0.1) is 23.3 Å². The van der Waals surface area contributed by atoms with Crippen LogP contribution in [0, 0.1) is 10.1 Å². The molecule has 0 bridgehead atoms. The van der Waals surface area contributed by atoms with Crippen LogP contribution in [-0.4, -0.2) is 24.3 Å². The first-order valence-corrected chi connectivity index (χ1v) is 6.30. The normalized spacial score (nSPS) is 10.6. The number of furan rings is 1. The highest BCUT2D eigenvalue weighted by Gasteiger charge is 2.13. The number of ether oxygens (including phenoxy) is 1. The van der Waals surface area contributed by atoms with Crippen molar-refractivity contribution in [3.05, 3.63) is 51.2 Å². The predicted molar refractivity (Wildman–Crippen MR) is 78.9 cm³/mol. The van der Waals surface area contributed by atoms with E-state index in [1.165, 1.54) is 31.5 Å². The van der Waals surface area contributed by atoms with Gasteiger partial charge in [0, 0.05) is 17.7 Å². The SMILES string of the molecule is COC(=O)N/N=C\c1ccc(-c2ccc([N+](=O)[O-])cc2Cl)o1. The maximum atomic E-state index is 10.8. The lowest BCUT2D eigenvalue weighted by atomic mass is 10.1. The smallest absolute Gasteiger partial charge is 0.427 e. The van der Waals surface area contributed by atoms with E-state index in [2.05, 4.69) is 15.3 Å². The fourth-order valence-corrected chi connectivity index (χ4v) is 1.85. The number of nitrogens with zero attached hydrogens (tertiary/aromatic N) is 2. The zero-order valence-corrected chi connectivity index (χ0v) is 12.0. The van der Waals surface area contributed by atoms with Gasteiger partial charge in [-0.25, -0.2) is 10.2 Å². The molecule has 1 N–H and O–H groups in total. The highest BCUT2D eigenvalue weighted by molar-refractivity contribution is 6.33. The largest absolute Gasteiger partial charge is 0.455 e. The zero-order valence-electron chi connectivity index (χ0n) is 11.3. The van der Waals surface area contributed by atoms with Crippen LogP contribution in [0.4, 0.5) is 10.5 Å². The molecule has 22 heavy (non-hydrogen) atoms. The van der Waals surface area contributed by atoms with Crippen LogP contribution in [-0.2, 0) is 4.74 Å². The second-order valence-electron chi connectivity index (χ2n) is 3.98. The summed E-state index contributed by atoms with van der Waals surface area (Å²) in [5.74, 6) is 0.778. The Balaban J connectivity index is 2.18. The van der Waals surface area contributed by atoms with Crippen molar-refractivity contribution in [3.8, 4) is 11.3 Å². The summed E-state index contributed by atoms with van der Waals surface area (Å²) in [6.07, 6.45) is 0.570. The monoisotopic (exact) mass is 323 g/mol. The van der Waals surface area contributed by atoms with Gasteiger partial charge in [0.1, 0.15) is 11.5 Å². The molecule has 0 unspecified atom stereocenters. The van der Waals surface area contributed by atoms with Gasteiger partial charge >= 0.3 is 6.09 Å². The van der Waals surface area contributed by atoms with Crippen LogP contribution in [0.5, 0.6) is 0 Å². The molecule has 0 atom stereocenters. The number of benzene rings is 1. The number of hydrogen-bond donors (Lipinski definition) is 1. The first kappa shape index (κ1) is 15.5. The average Bonchev–Trinajstić information content (AvgIpc) is 2.95. The van der Waals surface area contributed by atoms with E-state index < -0.39 is 11.0 Å². The summed E-state index contributed by atoms with van der Waals surface area (Å²) in [5, 5.41) is 14.5. The molecule has 0 aliphatic heterocycles. The topological polar surface area (TPSA) is 107 Å². The molecule has 0 saturated heterocycles. The summed E-state index contributed by atoms with van der Waals surface area (Å²) >= 11 is 6.01. The molecule has 0 radical (unpaired) electrons. The number of hydrogen-bond acceptors (Lipinski definition) is 6. The molecule has 114 valence electrons. The Kier molecular flexibility index (Phi) is 4.74. The van der Waals surface area contributed by atoms with E-state index in [0.717, 1.165) is 0 Å². The van der Waals surface area contributed by atoms with Gasteiger partial charge in [0.2, 0.25) is 0 Å². The van der Waals surface area contributed by atoms with Crippen molar-refractivity contribution < 1.29 is 18.9 Å². The molecule has 1 heterocycles. The number of carbonyl (C=O) groups excluding carboxylic acids is 1. The Morgan fingerprint density at radius 2 is 2.23 bits per heavy atom. The molecule has 0 aliphatic rings. The lowest BCUT2D eigenvalue weighted by molar-refractivity contribution is -0.384. The quantitative estimate of drug-likeness (QED) is 0.528. The van der Waals surface area contributed by atoms with Gasteiger partial charge in [-0.05, 0) is 18.2 Å². The number of nitro groups is 1. The van der Waals surface area contributed by atoms with Crippen LogP contribution in [0.1, 0.15) is 5.76 Å². The summed E-state index contributed by atoms with van der Waals surface area (Å²) < 4.78 is 9.81. The Morgan fingerprint density at radius 3 is 2.86 bits per heavy atom. The van der Waals surface area contributed by atoms with Crippen molar-refractivity contribution in [2.24, 2.45) is 5.10 Å². The Hall–Kier alpha value is -2.87. The van der Waals surface area contributed by atoms with Gasteiger partial charge in [-0.15, -0.1) is 0 Å². The van der Waals surface area contributed by atoms with Crippen molar-refractivity contribution in [2.45, 2.75) is 0 Å². The van der Waals surface area contributed by atoms with Crippen LogP contribution in [0.15, 0.2) is 39.9 Å². The maximum Gasteiger partial charge on any atom is 0.427 e. The van der Waals surface area contributed by atoms with Crippen molar-refractivity contribution in [3.63, 3.8) is 0 Å². The summed E-state index contributed by atoms with van der Waals surface area (Å²) in [4.78, 5) is 20.9. The van der Waals surface area contributed by atoms with Crippen LogP contribution in [0.25, 0.3) is 11.3 Å². The molecule has 8 nitrogen and oxygen atoms in total. The van der Waals surface area contributed by atoms with Crippen LogP contribution in [0.3, 0.4) is 0 Å². The number of carbonyl (C=O) groups is 1. The molecular formula is C13H10ClN3O5. The number of amides is 1. The Bertz CT molecular complexity index is 741. The maximum absolute atomic E-state index is 10.8. The second-order valence-corrected chi connectivity index (χ2v) is 4.39. The van der Waals surface area contributed by atoms with Crippen LogP contribution >= 0.6 is 11.6 Å². The third-order valence-electron chi connectivity index (χ3n) is 2.59. The molecule has 0 aliphatic carbocycles. The molecule has 0 fully saturated rings. The third-order valence-corrected chi connectivity index (χ3v) is 2.90. The van der Waals surface area contributed by atoms with E-state index in [1.807, 2.05) is 0 Å². The minimum Gasteiger partial charge on any atom is -0.455 e. The number of hydrazone groups is 1. The van der Waals surface area contributed by atoms with Crippen molar-refractivity contribution >= 4 is 29.6 Å². The van der Waals surface area contributed by atoms with E-state index in [4.69, 9.17) is 16.0 Å². The van der Waals surface area contributed by atoms with Gasteiger partial charge < -0.3 is 9.15 Å². The lowest BCUT2D eigenvalue weighted by Crippen LogP contribution is -2.16. The second kappa shape index (κ2) is 6.72. The lowest BCUT2D eigenvalue weighted by Gasteiger charge is -2.00. The summed E-state index contributed by atoms with van der Waals surface area (Å²) in [6, 6.07) is 7.30. The number of rotatable bonds is 4. The fourth-order valence-electron chi connectivity index (χ4n) is 1.58. The predicted octanol–water partition coefficient (Wildman–Crippen LogP) is 3.20. The zero-order chi connectivity index (χ0) is 16.1. The van der Waals surface area contributed by atoms with Gasteiger partial charge in [-0.3, -0.25) is 10.1 Å². The van der Waals surface area contributed by atoms with Crippen molar-refractivity contribution in [1.82, 2.24) is 5.43 Å². The number of halogens is 1. The Labute approximate surface area is 129 Å². The van der Waals surface area contributed by atoms with Gasteiger partial charge in [0.15, 0.2) is 0 Å². The molecule has 9 heteroatoms. The summed E-state index contributed by atoms with van der Waals surface area (Å²) in [7, 11) is 1.21. The minimum atomic E-state index is -0.707. The number of nitrogens with one attached hydrogen (secondary N) is 1. The highest BCUT2D eigenvalue weighted by Crippen LogP contribution is 2.31. The molecule has 1 aromatic heterocycles. The summed E-state index contributed by atoms with van der Waals surface area (Å²) in [6.45, 7) is 0. The van der Waals surface area contributed by atoms with Crippen molar-refractivity contribution in [2.75, 3.05) is 7.11 Å². The first-order valence-electron chi connectivity index (χ1n) is 5.92. The average molecular weight is 324 g/mol. The van der Waals surface area contributed by atoms with Gasteiger partial charge in [0.25, 0.3) is 5.69 Å². The third kappa shape index (κ3) is 3.61. The van der Waals surface area contributed by atoms with Crippen LogP contribution in [0.2, 0.25) is 5.02 Å². The molecule has 1 aromatic carbocycles. The number of nitro benzene ring substituents is 1.